The number of aromatic hydroxyl groups is 2. The first kappa shape index (κ1) is 58.0. The van der Waals surface area contributed by atoms with E-state index < -0.39 is 150 Å². The smallest absolute Gasteiger partial charge is 0.303 e. The van der Waals surface area contributed by atoms with Crippen molar-refractivity contribution in [1.82, 2.24) is 0 Å². The Morgan fingerprint density at radius 2 is 0.987 bits per heavy atom. The zero-order valence-corrected chi connectivity index (χ0v) is 43.6. The van der Waals surface area contributed by atoms with Gasteiger partial charge in [0.2, 0.25) is 17.5 Å². The Morgan fingerprint density at radius 3 is 1.49 bits per heavy atom. The molecule has 0 amide bonds. The molecule has 0 aliphatic carbocycles. The fraction of sp³-hybridized carbons (Fsp3) is 0.382. The number of hydrogen-bond acceptors (Lipinski definition) is 24. The number of benzene rings is 4. The van der Waals surface area contributed by atoms with E-state index in [9.17, 15) is 43.8 Å². The average molecular weight is 1100 g/mol. The van der Waals surface area contributed by atoms with E-state index >= 15 is 4.79 Å². The highest BCUT2D eigenvalue weighted by atomic mass is 16.8. The van der Waals surface area contributed by atoms with Crippen molar-refractivity contribution in [2.24, 2.45) is 0 Å². The minimum Gasteiger partial charge on any atom is -0.507 e. The van der Waals surface area contributed by atoms with Gasteiger partial charge < -0.3 is 76.2 Å². The molecule has 2 fully saturated rings. The van der Waals surface area contributed by atoms with Gasteiger partial charge in [-0.15, -0.1) is 0 Å². The van der Waals surface area contributed by atoms with Crippen LogP contribution in [0.15, 0.2) is 100 Å². The first-order chi connectivity index (χ1) is 37.6. The molecule has 4 aromatic carbocycles. The standard InChI is InChI=1S/C55H56O24/c1-27(56)66-25-42-47(70-29(3)58)50(72-31(5)60)52(74-33(7)62)54(76-42)79-53-51(73-32(6)61)48(71-30(4)59)43(26-67-28(2)57)77-55(53)78-49-45(65)44-39(64)21-37(68-23-34-14-10-8-11-15-34)22-41(44)75-46(49)36-18-19-40(38(63)20-36)69-24-35-16-12-9-13-17-35/h8-22,42-43,47-48,50-55,63-64H,23-26H2,1-7H3/t42-,43-,47-,48-,50+,51+,52-,53-,54+,55+/m1/s1. The van der Waals surface area contributed by atoms with Gasteiger partial charge in [0.1, 0.15) is 61.1 Å². The van der Waals surface area contributed by atoms with Gasteiger partial charge in [-0.3, -0.25) is 38.4 Å². The quantitative estimate of drug-likeness (QED) is 0.0762. The van der Waals surface area contributed by atoms with Crippen molar-refractivity contribution in [3.05, 3.63) is 112 Å². The Morgan fingerprint density at radius 1 is 0.506 bits per heavy atom. The lowest BCUT2D eigenvalue weighted by atomic mass is 9.96. The van der Waals surface area contributed by atoms with Gasteiger partial charge in [-0.25, -0.2) is 0 Å². The molecule has 10 atom stereocenters. The van der Waals surface area contributed by atoms with Crippen molar-refractivity contribution in [2.75, 3.05) is 13.2 Å². The highest BCUT2D eigenvalue weighted by Gasteiger charge is 2.58. The molecule has 24 nitrogen and oxygen atoms in total. The number of esters is 7. The predicted octanol–water partition coefficient (Wildman–Crippen LogP) is 5.03. The molecule has 1 aromatic heterocycles. The molecule has 0 spiro atoms. The molecule has 0 saturated carbocycles. The van der Waals surface area contributed by atoms with E-state index in [4.69, 9.17) is 66.0 Å². The molecule has 3 heterocycles. The maximum atomic E-state index is 15.2. The van der Waals surface area contributed by atoms with Crippen LogP contribution in [0.4, 0.5) is 0 Å². The third-order valence-corrected chi connectivity index (χ3v) is 11.7. The van der Waals surface area contributed by atoms with Gasteiger partial charge in [0, 0.05) is 66.2 Å². The van der Waals surface area contributed by atoms with E-state index in [1.54, 1.807) is 36.4 Å². The first-order valence-electron chi connectivity index (χ1n) is 24.4. The molecular weight excluding hydrogens is 1040 g/mol. The van der Waals surface area contributed by atoms with Gasteiger partial charge in [-0.05, 0) is 29.3 Å². The largest absolute Gasteiger partial charge is 0.507 e. The average Bonchev–Trinajstić information content (AvgIpc) is 3.48. The van der Waals surface area contributed by atoms with Gasteiger partial charge in [0.05, 0.1) is 0 Å². The van der Waals surface area contributed by atoms with E-state index in [1.165, 1.54) is 24.3 Å². The Bertz CT molecular complexity index is 3080. The molecule has 7 rings (SSSR count). The van der Waals surface area contributed by atoms with Crippen LogP contribution in [0.1, 0.15) is 59.6 Å². The second kappa shape index (κ2) is 26.1. The first-order valence-corrected chi connectivity index (χ1v) is 24.4. The molecule has 420 valence electrons. The number of rotatable bonds is 20. The van der Waals surface area contributed by atoms with Crippen molar-refractivity contribution in [3.63, 3.8) is 0 Å². The van der Waals surface area contributed by atoms with Gasteiger partial charge >= 0.3 is 41.8 Å². The lowest BCUT2D eigenvalue weighted by Gasteiger charge is -2.48. The number of phenolic OH excluding ortho intramolecular Hbond substituents is 2. The van der Waals surface area contributed by atoms with Crippen LogP contribution in [0.3, 0.4) is 0 Å². The summed E-state index contributed by atoms with van der Waals surface area (Å²) >= 11 is 0. The molecule has 5 aromatic rings. The maximum absolute atomic E-state index is 15.2. The summed E-state index contributed by atoms with van der Waals surface area (Å²) in [5.74, 6) is -8.94. The normalized spacial score (nSPS) is 22.5. The van der Waals surface area contributed by atoms with Gasteiger partial charge in [0.25, 0.3) is 0 Å². The summed E-state index contributed by atoms with van der Waals surface area (Å²) in [6, 6.07) is 24.5. The van der Waals surface area contributed by atoms with Crippen LogP contribution in [0.25, 0.3) is 22.3 Å². The van der Waals surface area contributed by atoms with Crippen molar-refractivity contribution >= 4 is 52.8 Å². The second-order valence-electron chi connectivity index (χ2n) is 17.9. The molecule has 24 heteroatoms. The summed E-state index contributed by atoms with van der Waals surface area (Å²) in [7, 11) is 0. The predicted molar refractivity (Wildman–Crippen MR) is 267 cm³/mol. The lowest BCUT2D eigenvalue weighted by molar-refractivity contribution is -0.359. The maximum Gasteiger partial charge on any atom is 0.303 e. The van der Waals surface area contributed by atoms with E-state index in [-0.39, 0.29) is 35.9 Å². The molecule has 2 aliphatic heterocycles. The summed E-state index contributed by atoms with van der Waals surface area (Å²) in [5.41, 5.74) is 0.142. The summed E-state index contributed by atoms with van der Waals surface area (Å²) in [4.78, 5) is 104. The van der Waals surface area contributed by atoms with E-state index in [2.05, 4.69) is 0 Å². The Kier molecular flexibility index (Phi) is 19.1. The van der Waals surface area contributed by atoms with Crippen LogP contribution in [-0.4, -0.2) is 127 Å². The fourth-order valence-electron chi connectivity index (χ4n) is 8.58. The number of fused-ring (bicyclic) bond motifs is 1. The fourth-order valence-corrected chi connectivity index (χ4v) is 8.58. The van der Waals surface area contributed by atoms with Crippen LogP contribution < -0.4 is 19.6 Å². The van der Waals surface area contributed by atoms with E-state index in [0.29, 0.717) is 0 Å². The molecule has 2 saturated heterocycles. The zero-order chi connectivity index (χ0) is 57.1. The number of hydrogen-bond donors (Lipinski definition) is 2. The van der Waals surface area contributed by atoms with Crippen molar-refractivity contribution in [2.45, 2.75) is 123 Å². The topological polar surface area (TPSA) is 310 Å². The minimum absolute atomic E-state index is 0.00963. The lowest BCUT2D eigenvalue weighted by Crippen LogP contribution is -2.67. The third-order valence-electron chi connectivity index (χ3n) is 11.7. The molecule has 0 bridgehead atoms. The number of phenols is 2. The van der Waals surface area contributed by atoms with E-state index in [0.717, 1.165) is 65.7 Å². The molecule has 0 unspecified atom stereocenters. The molecule has 79 heavy (non-hydrogen) atoms. The highest BCUT2D eigenvalue weighted by Crippen LogP contribution is 2.42. The summed E-state index contributed by atoms with van der Waals surface area (Å²) in [5, 5.41) is 22.6. The van der Waals surface area contributed by atoms with Crippen molar-refractivity contribution in [1.29, 1.82) is 0 Å². The molecule has 2 aliphatic rings. The monoisotopic (exact) mass is 1100 g/mol. The number of ether oxygens (including phenoxy) is 13. The van der Waals surface area contributed by atoms with Gasteiger partial charge in [-0.2, -0.15) is 0 Å². The minimum atomic E-state index is -2.17. The van der Waals surface area contributed by atoms with Crippen molar-refractivity contribution < 1.29 is 110 Å². The van der Waals surface area contributed by atoms with Gasteiger partial charge in [-0.1, -0.05) is 60.7 Å². The van der Waals surface area contributed by atoms with E-state index in [1.807, 2.05) is 24.3 Å². The Balaban J connectivity index is 1.42. The zero-order valence-electron chi connectivity index (χ0n) is 43.6. The van der Waals surface area contributed by atoms with Crippen LogP contribution >= 0.6 is 0 Å². The van der Waals surface area contributed by atoms with Crippen LogP contribution in [0.2, 0.25) is 0 Å². The van der Waals surface area contributed by atoms with Crippen LogP contribution in [-0.2, 0) is 94.1 Å². The third kappa shape index (κ3) is 15.1. The van der Waals surface area contributed by atoms with Gasteiger partial charge in [0.15, 0.2) is 60.2 Å². The number of carbonyl (C=O) groups excluding carboxylic acids is 7. The number of carbonyl (C=O) groups is 7. The second-order valence-corrected chi connectivity index (χ2v) is 17.9. The van der Waals surface area contributed by atoms with Crippen LogP contribution in [0, 0.1) is 0 Å². The Labute approximate surface area is 450 Å². The summed E-state index contributed by atoms with van der Waals surface area (Å²) in [6.45, 7) is 5.68. The summed E-state index contributed by atoms with van der Waals surface area (Å²) < 4.78 is 82.7. The molecule has 0 radical (unpaired) electrons. The summed E-state index contributed by atoms with van der Waals surface area (Å²) in [6.07, 6.45) is -18.7. The molecule has 2 N–H and O–H groups in total. The Hall–Kier alpha value is -8.74. The van der Waals surface area contributed by atoms with Crippen molar-refractivity contribution in [3.8, 4) is 40.1 Å². The molecular formula is C55H56O24. The SMILES string of the molecule is CC(=O)OC[C@H]1O[C@@H](O[C@H]2[C@H](Oc3c(-c4ccc(OCc5ccccc5)c(O)c4)oc4cc(OCc5ccccc5)cc(O)c4c3=O)O[C@H](COC(C)=O)[C@@H](OC(C)=O)[C@@H]2OC(C)=O)[C@H](OC(C)=O)[C@@H](OC(C)=O)[C@@H]1OC(C)=O. The van der Waals surface area contributed by atoms with Crippen LogP contribution in [0.5, 0.6) is 28.7 Å². The highest BCUT2D eigenvalue weighted by molar-refractivity contribution is 5.88.